The maximum atomic E-state index is 13.7. The number of anilines is 2. The molecule has 0 bridgehead atoms. The van der Waals surface area contributed by atoms with Gasteiger partial charge in [0.1, 0.15) is 10.9 Å². The molecule has 49 heavy (non-hydrogen) atoms. The number of nitrogens with one attached hydrogen (secondary N) is 3. The number of nitro groups is 1. The Labute approximate surface area is 296 Å². The first-order chi connectivity index (χ1) is 23.6. The maximum absolute atomic E-state index is 13.7. The van der Waals surface area contributed by atoms with Crippen molar-refractivity contribution in [1.82, 2.24) is 5.32 Å². The van der Waals surface area contributed by atoms with Gasteiger partial charge in [-0.05, 0) is 72.2 Å². The molecule has 1 unspecified atom stereocenters. The van der Waals surface area contributed by atoms with E-state index in [2.05, 4.69) is 16.0 Å². The Balaban J connectivity index is 1.39. The molecule has 0 aliphatic rings. The third-order valence-corrected chi connectivity index (χ3v) is 9.26. The lowest BCUT2D eigenvalue weighted by atomic mass is 10.1. The number of aryl methyl sites for hydroxylation is 1. The van der Waals surface area contributed by atoms with Gasteiger partial charge in [-0.3, -0.25) is 24.5 Å². The second kappa shape index (κ2) is 16.1. The SMILES string of the molecule is Cc1cc([N+](=O)[O-])ccc1NC(=O)C(Sc1cccc(NC(=O)/C(=C\c2cccc(Cl)c2Cl)NC(=O)c2ccccc2)c1)c1ccccc1. The minimum absolute atomic E-state index is 0.0726. The van der Waals surface area contributed by atoms with Gasteiger partial charge in [0.15, 0.2) is 0 Å². The van der Waals surface area contributed by atoms with Gasteiger partial charge in [-0.1, -0.05) is 89.9 Å². The van der Waals surface area contributed by atoms with E-state index in [9.17, 15) is 24.5 Å². The van der Waals surface area contributed by atoms with Gasteiger partial charge in [0.05, 0.1) is 15.0 Å². The van der Waals surface area contributed by atoms with Gasteiger partial charge >= 0.3 is 0 Å². The normalized spacial score (nSPS) is 11.7. The van der Waals surface area contributed by atoms with Gasteiger partial charge < -0.3 is 16.0 Å². The topological polar surface area (TPSA) is 130 Å². The van der Waals surface area contributed by atoms with Crippen molar-refractivity contribution in [2.75, 3.05) is 10.6 Å². The van der Waals surface area contributed by atoms with Crippen molar-refractivity contribution in [2.24, 2.45) is 0 Å². The van der Waals surface area contributed by atoms with Crippen molar-refractivity contribution < 1.29 is 19.3 Å². The molecule has 0 heterocycles. The number of halogens is 2. The van der Waals surface area contributed by atoms with Crippen LogP contribution in [0.4, 0.5) is 17.1 Å². The number of non-ortho nitro benzene ring substituents is 1. The van der Waals surface area contributed by atoms with Crippen molar-refractivity contribution in [3.05, 3.63) is 169 Å². The molecule has 5 aromatic carbocycles. The number of rotatable bonds is 11. The lowest BCUT2D eigenvalue weighted by Crippen LogP contribution is -2.30. The highest BCUT2D eigenvalue weighted by molar-refractivity contribution is 8.00. The molecule has 12 heteroatoms. The van der Waals surface area contributed by atoms with Crippen LogP contribution in [0.1, 0.15) is 32.3 Å². The molecule has 5 aromatic rings. The van der Waals surface area contributed by atoms with Crippen LogP contribution in [0.3, 0.4) is 0 Å². The molecular formula is C37H28Cl2N4O5S. The van der Waals surface area contributed by atoms with E-state index in [-0.39, 0.29) is 27.3 Å². The Kier molecular flexibility index (Phi) is 11.5. The van der Waals surface area contributed by atoms with Crippen LogP contribution in [0, 0.1) is 17.0 Å². The molecule has 3 N–H and O–H groups in total. The zero-order valence-electron chi connectivity index (χ0n) is 25.9. The number of carbonyl (C=O) groups is 3. The van der Waals surface area contributed by atoms with E-state index in [1.54, 1.807) is 79.7 Å². The van der Waals surface area contributed by atoms with Crippen LogP contribution in [0.2, 0.25) is 10.0 Å². The summed E-state index contributed by atoms with van der Waals surface area (Å²) in [6.07, 6.45) is 1.44. The fourth-order valence-corrected chi connectivity index (χ4v) is 6.16. The smallest absolute Gasteiger partial charge is 0.272 e. The Hall–Kier alpha value is -5.42. The van der Waals surface area contributed by atoms with Crippen molar-refractivity contribution in [2.45, 2.75) is 17.1 Å². The number of carbonyl (C=O) groups excluding carboxylic acids is 3. The van der Waals surface area contributed by atoms with Crippen LogP contribution in [-0.2, 0) is 9.59 Å². The van der Waals surface area contributed by atoms with Crippen molar-refractivity contribution in [1.29, 1.82) is 0 Å². The van der Waals surface area contributed by atoms with Gasteiger partial charge in [0, 0.05) is 34.0 Å². The fourth-order valence-electron chi connectivity index (χ4n) is 4.71. The summed E-state index contributed by atoms with van der Waals surface area (Å²) in [4.78, 5) is 51.8. The molecule has 246 valence electrons. The molecule has 3 amide bonds. The van der Waals surface area contributed by atoms with E-state index in [1.165, 1.54) is 36.0 Å². The molecule has 0 aliphatic heterocycles. The largest absolute Gasteiger partial charge is 0.325 e. The minimum atomic E-state index is -0.715. The lowest BCUT2D eigenvalue weighted by molar-refractivity contribution is -0.384. The standard InChI is InChI=1S/C37H28Cl2N4O5S/c1-23-20-28(43(47)48)18-19-31(23)41-37(46)34(24-10-4-2-5-11-24)49-29-16-9-15-27(22-29)40-36(45)32(21-26-14-8-17-30(38)33(26)39)42-35(44)25-12-6-3-7-13-25/h2-22,34H,1H3,(H,40,45)(H,41,46)(H,42,44)/b32-21+. The molecule has 0 aliphatic carbocycles. The predicted molar refractivity (Wildman–Crippen MR) is 195 cm³/mol. The highest BCUT2D eigenvalue weighted by Crippen LogP contribution is 2.38. The summed E-state index contributed by atoms with van der Waals surface area (Å²) in [6, 6.07) is 33.8. The fraction of sp³-hybridized carbons (Fsp3) is 0.0541. The molecule has 1 atom stereocenters. The summed E-state index contributed by atoms with van der Waals surface area (Å²) in [5.41, 5.74) is 2.77. The Bertz CT molecular complexity index is 2060. The summed E-state index contributed by atoms with van der Waals surface area (Å²) in [5.74, 6) is -1.45. The molecule has 0 radical (unpaired) electrons. The Morgan fingerprint density at radius 1 is 0.816 bits per heavy atom. The Morgan fingerprint density at radius 3 is 2.20 bits per heavy atom. The van der Waals surface area contributed by atoms with E-state index in [0.717, 1.165) is 5.56 Å². The molecule has 0 spiro atoms. The van der Waals surface area contributed by atoms with Gasteiger partial charge in [-0.25, -0.2) is 0 Å². The average molecular weight is 712 g/mol. The van der Waals surface area contributed by atoms with E-state index in [0.29, 0.717) is 33.0 Å². The lowest BCUT2D eigenvalue weighted by Gasteiger charge is -2.18. The van der Waals surface area contributed by atoms with E-state index in [1.807, 2.05) is 30.3 Å². The van der Waals surface area contributed by atoms with Crippen LogP contribution in [0.5, 0.6) is 0 Å². The molecular weight excluding hydrogens is 683 g/mol. The molecule has 0 saturated heterocycles. The molecule has 0 aromatic heterocycles. The van der Waals surface area contributed by atoms with Crippen LogP contribution >= 0.6 is 35.0 Å². The maximum Gasteiger partial charge on any atom is 0.272 e. The van der Waals surface area contributed by atoms with Crippen molar-refractivity contribution in [3.8, 4) is 0 Å². The molecule has 9 nitrogen and oxygen atoms in total. The van der Waals surface area contributed by atoms with E-state index < -0.39 is 22.0 Å². The second-order valence-corrected chi connectivity index (χ2v) is 12.6. The Morgan fingerprint density at radius 2 is 1.51 bits per heavy atom. The van der Waals surface area contributed by atoms with Crippen LogP contribution in [-0.4, -0.2) is 22.6 Å². The van der Waals surface area contributed by atoms with Gasteiger partial charge in [0.2, 0.25) is 5.91 Å². The molecule has 5 rings (SSSR count). The van der Waals surface area contributed by atoms with E-state index >= 15 is 0 Å². The molecule has 0 fully saturated rings. The van der Waals surface area contributed by atoms with Crippen molar-refractivity contribution in [3.63, 3.8) is 0 Å². The first-order valence-corrected chi connectivity index (χ1v) is 16.4. The number of nitro benzene ring substituents is 1. The summed E-state index contributed by atoms with van der Waals surface area (Å²) >= 11 is 13.9. The van der Waals surface area contributed by atoms with Crippen LogP contribution in [0.25, 0.3) is 6.08 Å². The monoisotopic (exact) mass is 710 g/mol. The highest BCUT2D eigenvalue weighted by Gasteiger charge is 2.24. The molecule has 0 saturated carbocycles. The van der Waals surface area contributed by atoms with Crippen molar-refractivity contribution >= 4 is 75.8 Å². The summed E-state index contributed by atoms with van der Waals surface area (Å²) in [7, 11) is 0. The first kappa shape index (κ1) is 34.9. The zero-order chi connectivity index (χ0) is 34.9. The van der Waals surface area contributed by atoms with E-state index in [4.69, 9.17) is 23.2 Å². The number of nitrogens with zero attached hydrogens (tertiary/aromatic N) is 1. The highest BCUT2D eigenvalue weighted by atomic mass is 35.5. The number of hydrogen-bond donors (Lipinski definition) is 3. The average Bonchev–Trinajstić information content (AvgIpc) is 3.10. The number of benzene rings is 5. The third kappa shape index (κ3) is 9.14. The zero-order valence-corrected chi connectivity index (χ0v) is 28.2. The summed E-state index contributed by atoms with van der Waals surface area (Å²) in [5, 5.41) is 19.4. The number of amides is 3. The quantitative estimate of drug-likeness (QED) is 0.0543. The third-order valence-electron chi connectivity index (χ3n) is 7.18. The van der Waals surface area contributed by atoms with Gasteiger partial charge in [-0.15, -0.1) is 11.8 Å². The van der Waals surface area contributed by atoms with Gasteiger partial charge in [0.25, 0.3) is 17.5 Å². The first-order valence-electron chi connectivity index (χ1n) is 14.8. The minimum Gasteiger partial charge on any atom is -0.325 e. The summed E-state index contributed by atoms with van der Waals surface area (Å²) in [6.45, 7) is 1.69. The number of thioether (sulfide) groups is 1. The van der Waals surface area contributed by atoms with Crippen LogP contribution < -0.4 is 16.0 Å². The van der Waals surface area contributed by atoms with Crippen LogP contribution in [0.15, 0.2) is 132 Å². The summed E-state index contributed by atoms with van der Waals surface area (Å²) < 4.78 is 0. The predicted octanol–water partition coefficient (Wildman–Crippen LogP) is 9.09. The number of hydrogen-bond acceptors (Lipinski definition) is 6. The second-order valence-electron chi connectivity index (χ2n) is 10.7. The van der Waals surface area contributed by atoms with Gasteiger partial charge in [-0.2, -0.15) is 0 Å².